The zero-order valence-corrected chi connectivity index (χ0v) is 10.2. The molecule has 0 heterocycles. The van der Waals surface area contributed by atoms with Crippen LogP contribution in [0, 0.1) is 11.2 Å². The zero-order valence-electron chi connectivity index (χ0n) is 10.2. The molecule has 0 aliphatic carbocycles. The largest absolute Gasteiger partial charge is 0.482 e. The molecule has 0 saturated carbocycles. The summed E-state index contributed by atoms with van der Waals surface area (Å²) >= 11 is 0. The van der Waals surface area contributed by atoms with E-state index < -0.39 is 5.82 Å². The van der Waals surface area contributed by atoms with Gasteiger partial charge in [-0.05, 0) is 23.8 Å². The number of benzene rings is 2. The van der Waals surface area contributed by atoms with Crippen molar-refractivity contribution in [2.24, 2.45) is 0 Å². The van der Waals surface area contributed by atoms with E-state index in [-0.39, 0.29) is 5.69 Å². The van der Waals surface area contributed by atoms with Crippen molar-refractivity contribution >= 4 is 11.8 Å². The number of rotatable bonds is 4. The van der Waals surface area contributed by atoms with E-state index in [1.54, 1.807) is 0 Å². The molecule has 0 spiro atoms. The van der Waals surface area contributed by atoms with Gasteiger partial charge in [0, 0.05) is 0 Å². The summed E-state index contributed by atoms with van der Waals surface area (Å²) in [6.07, 6.45) is 3.75. The third-order valence-electron chi connectivity index (χ3n) is 2.47. The summed E-state index contributed by atoms with van der Waals surface area (Å²) in [5, 5.41) is 8.74. The van der Waals surface area contributed by atoms with E-state index in [9.17, 15) is 4.39 Å². The smallest absolute Gasteiger partial charge is 0.429 e. The molecule has 0 unspecified atom stereocenters. The number of hydrogen-bond donors (Lipinski definition) is 0. The van der Waals surface area contributed by atoms with Gasteiger partial charge in [-0.25, -0.2) is 4.39 Å². The third-order valence-corrected chi connectivity index (χ3v) is 2.47. The molecule has 0 bridgehead atoms. The first-order valence-corrected chi connectivity index (χ1v) is 5.78. The van der Waals surface area contributed by atoms with Gasteiger partial charge in [0.05, 0.1) is 6.07 Å². The lowest BCUT2D eigenvalue weighted by molar-refractivity contribution is 0.365. The molecule has 0 amide bonds. The number of halogens is 1. The highest BCUT2D eigenvalue weighted by molar-refractivity contribution is 5.57. The summed E-state index contributed by atoms with van der Waals surface area (Å²) < 4.78 is 18.3. The maximum atomic E-state index is 12.9. The summed E-state index contributed by atoms with van der Waals surface area (Å²) in [5.41, 5.74) is 1.14. The van der Waals surface area contributed by atoms with Crippen molar-refractivity contribution in [1.29, 1.82) is 5.39 Å². The van der Waals surface area contributed by atoms with Gasteiger partial charge in [-0.3, -0.25) is 0 Å². The van der Waals surface area contributed by atoms with Crippen molar-refractivity contribution in [3.8, 4) is 5.75 Å². The van der Waals surface area contributed by atoms with Crippen molar-refractivity contribution in [2.45, 2.75) is 0 Å². The second-order valence-corrected chi connectivity index (χ2v) is 3.84. The average Bonchev–Trinajstić information content (AvgIpc) is 2.46. The number of hydrogen-bond acceptors (Lipinski definition) is 2. The Balaban J connectivity index is 1.97. The van der Waals surface area contributed by atoms with Gasteiger partial charge in [-0.2, -0.15) is 0 Å². The normalized spacial score (nSPS) is 10.3. The molecule has 94 valence electrons. The monoisotopic (exact) mass is 255 g/mol. The molecule has 0 aliphatic heterocycles. The SMILES string of the molecule is N#[N+]c1cc(F)ccc1OC/C=C/c1ccccc1. The van der Waals surface area contributed by atoms with Crippen LogP contribution in [0.5, 0.6) is 5.75 Å². The lowest BCUT2D eigenvalue weighted by Crippen LogP contribution is -1.93. The number of ether oxygens (including phenoxy) is 1. The van der Waals surface area contributed by atoms with Crippen LogP contribution in [-0.2, 0) is 0 Å². The Hall–Kier alpha value is -2.67. The third kappa shape index (κ3) is 3.65. The Labute approximate surface area is 110 Å². The van der Waals surface area contributed by atoms with Crippen LogP contribution < -0.4 is 4.74 Å². The quantitative estimate of drug-likeness (QED) is 0.759. The Morgan fingerprint density at radius 1 is 1.16 bits per heavy atom. The molecule has 0 radical (unpaired) electrons. The molecule has 0 fully saturated rings. The fourth-order valence-corrected chi connectivity index (χ4v) is 1.58. The first kappa shape index (κ1) is 12.8. The van der Waals surface area contributed by atoms with Crippen LogP contribution in [0.1, 0.15) is 5.56 Å². The highest BCUT2D eigenvalue weighted by Crippen LogP contribution is 2.28. The van der Waals surface area contributed by atoms with E-state index in [0.717, 1.165) is 11.6 Å². The highest BCUT2D eigenvalue weighted by Gasteiger charge is 2.15. The Morgan fingerprint density at radius 3 is 2.68 bits per heavy atom. The maximum absolute atomic E-state index is 12.9. The van der Waals surface area contributed by atoms with E-state index in [4.69, 9.17) is 10.1 Å². The summed E-state index contributed by atoms with van der Waals surface area (Å²) in [6, 6.07) is 13.6. The van der Waals surface area contributed by atoms with Gasteiger partial charge in [-0.15, -0.1) is 0 Å². The molecule has 0 aliphatic rings. The lowest BCUT2D eigenvalue weighted by atomic mass is 10.2. The molecule has 2 rings (SSSR count). The van der Waals surface area contributed by atoms with Crippen molar-refractivity contribution in [3.05, 3.63) is 71.0 Å². The molecule has 0 atom stereocenters. The van der Waals surface area contributed by atoms with Crippen LogP contribution in [0.25, 0.3) is 11.1 Å². The first-order valence-electron chi connectivity index (χ1n) is 5.78. The molecular formula is C15H12FN2O+. The van der Waals surface area contributed by atoms with Crippen molar-refractivity contribution in [3.63, 3.8) is 0 Å². The molecule has 4 heteroatoms. The predicted octanol–water partition coefficient (Wildman–Crippen LogP) is 4.40. The lowest BCUT2D eigenvalue weighted by Gasteiger charge is -1.99. The minimum absolute atomic E-state index is 0.0770. The van der Waals surface area contributed by atoms with Crippen LogP contribution in [0.2, 0.25) is 0 Å². The first-order chi connectivity index (χ1) is 9.29. The van der Waals surface area contributed by atoms with E-state index >= 15 is 0 Å². The predicted molar refractivity (Wildman–Crippen MR) is 72.1 cm³/mol. The van der Waals surface area contributed by atoms with E-state index in [0.29, 0.717) is 12.4 Å². The number of nitrogens with zero attached hydrogens (tertiary/aromatic N) is 2. The van der Waals surface area contributed by atoms with Gasteiger partial charge < -0.3 is 4.74 Å². The second kappa shape index (κ2) is 6.31. The van der Waals surface area contributed by atoms with E-state index in [1.807, 2.05) is 42.5 Å². The average molecular weight is 255 g/mol. The fourth-order valence-electron chi connectivity index (χ4n) is 1.58. The Bertz CT molecular complexity index is 618. The molecule has 19 heavy (non-hydrogen) atoms. The molecule has 0 aromatic heterocycles. The Kier molecular flexibility index (Phi) is 4.25. The van der Waals surface area contributed by atoms with Gasteiger partial charge in [-0.1, -0.05) is 36.4 Å². The van der Waals surface area contributed by atoms with Crippen molar-refractivity contribution in [1.82, 2.24) is 0 Å². The van der Waals surface area contributed by atoms with Crippen LogP contribution in [0.4, 0.5) is 10.1 Å². The van der Waals surface area contributed by atoms with Crippen LogP contribution in [0.3, 0.4) is 0 Å². The zero-order chi connectivity index (χ0) is 13.5. The van der Waals surface area contributed by atoms with Crippen molar-refractivity contribution < 1.29 is 9.13 Å². The summed E-state index contributed by atoms with van der Waals surface area (Å²) in [4.78, 5) is 2.98. The fraction of sp³-hybridized carbons (Fsp3) is 0.0667. The molecule has 2 aromatic carbocycles. The topological polar surface area (TPSA) is 37.4 Å². The van der Waals surface area contributed by atoms with Gasteiger partial charge in [0.25, 0.3) is 0 Å². The maximum Gasteiger partial charge on any atom is 0.429 e. The van der Waals surface area contributed by atoms with E-state index in [2.05, 4.69) is 4.98 Å². The summed E-state index contributed by atoms with van der Waals surface area (Å²) in [7, 11) is 0. The summed E-state index contributed by atoms with van der Waals surface area (Å²) in [5.74, 6) is -0.137. The minimum Gasteiger partial charge on any atom is -0.482 e. The number of diazo groups is 1. The molecule has 0 N–H and O–H groups in total. The van der Waals surface area contributed by atoms with Crippen molar-refractivity contribution in [2.75, 3.05) is 6.61 Å². The van der Waals surface area contributed by atoms with Gasteiger partial charge in [0.15, 0.2) is 4.98 Å². The van der Waals surface area contributed by atoms with Crippen LogP contribution in [-0.4, -0.2) is 6.61 Å². The minimum atomic E-state index is -0.472. The summed E-state index contributed by atoms with van der Waals surface area (Å²) in [6.45, 7) is 0.309. The molecular weight excluding hydrogens is 243 g/mol. The van der Waals surface area contributed by atoms with Gasteiger partial charge >= 0.3 is 5.69 Å². The second-order valence-electron chi connectivity index (χ2n) is 3.84. The van der Waals surface area contributed by atoms with Gasteiger partial charge in [0.1, 0.15) is 12.4 Å². The van der Waals surface area contributed by atoms with Gasteiger partial charge in [0.2, 0.25) is 11.1 Å². The molecule has 3 nitrogen and oxygen atoms in total. The van der Waals surface area contributed by atoms with Crippen LogP contribution in [0.15, 0.2) is 54.6 Å². The molecule has 2 aromatic rings. The Morgan fingerprint density at radius 2 is 1.95 bits per heavy atom. The van der Waals surface area contributed by atoms with E-state index in [1.165, 1.54) is 12.1 Å². The highest BCUT2D eigenvalue weighted by atomic mass is 19.1. The van der Waals surface area contributed by atoms with Crippen LogP contribution >= 0.6 is 0 Å². The standard InChI is InChI=1S/C15H12FN2O/c16-13-8-9-15(14(11-13)18-17)19-10-4-7-12-5-2-1-3-6-12/h1-9,11H,10H2/q+1/b7-4+. The molecule has 0 saturated heterocycles.